The van der Waals surface area contributed by atoms with Crippen LogP contribution in [0.25, 0.3) is 0 Å². The van der Waals surface area contributed by atoms with Crippen LogP contribution >= 0.6 is 0 Å². The van der Waals surface area contributed by atoms with E-state index in [-0.39, 0.29) is 28.9 Å². The van der Waals surface area contributed by atoms with Crippen LogP contribution in [0, 0.1) is 10.8 Å². The van der Waals surface area contributed by atoms with Gasteiger partial charge in [0.05, 0.1) is 12.8 Å². The lowest BCUT2D eigenvalue weighted by Crippen LogP contribution is -2.25. The molecule has 0 atom stereocenters. The first kappa shape index (κ1) is 31.3. The Morgan fingerprint density at radius 1 is 0.730 bits per heavy atom. The number of rotatable bonds is 18. The summed E-state index contributed by atoms with van der Waals surface area (Å²) in [5.74, 6) is 0.342. The van der Waals surface area contributed by atoms with Crippen LogP contribution in [0.3, 0.4) is 0 Å². The molecule has 1 saturated carbocycles. The van der Waals surface area contributed by atoms with E-state index in [1.54, 1.807) is 12.1 Å². The van der Waals surface area contributed by atoms with Crippen LogP contribution < -0.4 is 4.74 Å². The Labute approximate surface area is 224 Å². The van der Waals surface area contributed by atoms with E-state index < -0.39 is 0 Å². The molecule has 0 N–H and O–H groups in total. The molecule has 0 radical (unpaired) electrons. The quantitative estimate of drug-likeness (QED) is 0.115. The van der Waals surface area contributed by atoms with Crippen molar-refractivity contribution >= 4 is 11.9 Å². The molecule has 0 unspecified atom stereocenters. The highest BCUT2D eigenvalue weighted by atomic mass is 16.5. The standard InChI is InChI=1S/C31H50O6/c1-30(2,24-28(32)36-26-14-7-5-8-15-26)18-11-20-34-22-13-23-35-21-12-19-31(3,4)25-29(33)37-27-16-9-6-10-17-27/h5,7-8,14-15,27H,6,9-13,16-25H2,1-4H3. The SMILES string of the molecule is CC(C)(CCCOCCCOCCCC(C)(C)CC(=O)OC1CCCCC1)CC(=O)Oc1ccccc1. The highest BCUT2D eigenvalue weighted by Gasteiger charge is 2.25. The van der Waals surface area contributed by atoms with E-state index in [1.807, 2.05) is 18.2 Å². The van der Waals surface area contributed by atoms with Gasteiger partial charge in [-0.15, -0.1) is 0 Å². The van der Waals surface area contributed by atoms with Crippen LogP contribution in [0.4, 0.5) is 0 Å². The highest BCUT2D eigenvalue weighted by Crippen LogP contribution is 2.29. The molecule has 0 aliphatic heterocycles. The fourth-order valence-electron chi connectivity index (χ4n) is 4.80. The molecular weight excluding hydrogens is 468 g/mol. The first-order valence-electron chi connectivity index (χ1n) is 14.3. The molecule has 0 heterocycles. The van der Waals surface area contributed by atoms with Crippen LogP contribution in [0.2, 0.25) is 0 Å². The third-order valence-electron chi connectivity index (χ3n) is 6.93. The maximum Gasteiger partial charge on any atom is 0.311 e. The summed E-state index contributed by atoms with van der Waals surface area (Å²) >= 11 is 0. The van der Waals surface area contributed by atoms with Crippen molar-refractivity contribution in [2.24, 2.45) is 10.8 Å². The molecule has 6 nitrogen and oxygen atoms in total. The zero-order valence-corrected chi connectivity index (χ0v) is 23.7. The van der Waals surface area contributed by atoms with Crippen LogP contribution in [0.1, 0.15) is 105 Å². The summed E-state index contributed by atoms with van der Waals surface area (Å²) in [5.41, 5.74) is -0.191. The number of hydrogen-bond donors (Lipinski definition) is 0. The normalized spacial score (nSPS) is 14.9. The van der Waals surface area contributed by atoms with Gasteiger partial charge in [-0.3, -0.25) is 9.59 Å². The lowest BCUT2D eigenvalue weighted by molar-refractivity contribution is -0.153. The van der Waals surface area contributed by atoms with Gasteiger partial charge in [-0.2, -0.15) is 0 Å². The number of ether oxygens (including phenoxy) is 4. The van der Waals surface area contributed by atoms with Crippen LogP contribution in [0.15, 0.2) is 30.3 Å². The van der Waals surface area contributed by atoms with Crippen molar-refractivity contribution in [1.82, 2.24) is 0 Å². The molecule has 1 aromatic rings. The van der Waals surface area contributed by atoms with E-state index in [1.165, 1.54) is 19.3 Å². The number of hydrogen-bond acceptors (Lipinski definition) is 6. The zero-order chi connectivity index (χ0) is 27.0. The molecule has 37 heavy (non-hydrogen) atoms. The van der Waals surface area contributed by atoms with Crippen molar-refractivity contribution in [2.75, 3.05) is 26.4 Å². The molecule has 1 aliphatic carbocycles. The Kier molecular flexibility index (Phi) is 14.2. The Morgan fingerprint density at radius 2 is 1.24 bits per heavy atom. The first-order valence-corrected chi connectivity index (χ1v) is 14.3. The Hall–Kier alpha value is -1.92. The summed E-state index contributed by atoms with van der Waals surface area (Å²) < 4.78 is 22.6. The van der Waals surface area contributed by atoms with Crippen molar-refractivity contribution < 1.29 is 28.5 Å². The number of para-hydroxylation sites is 1. The fraction of sp³-hybridized carbons (Fsp3) is 0.742. The summed E-state index contributed by atoms with van der Waals surface area (Å²) in [6.45, 7) is 11.2. The minimum Gasteiger partial charge on any atom is -0.462 e. The number of benzene rings is 1. The van der Waals surface area contributed by atoms with E-state index in [9.17, 15) is 9.59 Å². The molecule has 1 fully saturated rings. The third-order valence-corrected chi connectivity index (χ3v) is 6.93. The predicted octanol–water partition coefficient (Wildman–Crippen LogP) is 7.28. The van der Waals surface area contributed by atoms with Gasteiger partial charge < -0.3 is 18.9 Å². The molecule has 210 valence electrons. The molecule has 0 amide bonds. The highest BCUT2D eigenvalue weighted by molar-refractivity contribution is 5.73. The van der Waals surface area contributed by atoms with Crippen LogP contribution in [-0.4, -0.2) is 44.5 Å². The van der Waals surface area contributed by atoms with Gasteiger partial charge >= 0.3 is 11.9 Å². The van der Waals surface area contributed by atoms with Crippen molar-refractivity contribution in [3.8, 4) is 5.75 Å². The van der Waals surface area contributed by atoms with Crippen LogP contribution in [-0.2, 0) is 23.8 Å². The van der Waals surface area contributed by atoms with E-state index in [0.717, 1.165) is 44.9 Å². The van der Waals surface area contributed by atoms with E-state index in [4.69, 9.17) is 18.9 Å². The van der Waals surface area contributed by atoms with Gasteiger partial charge in [-0.25, -0.2) is 0 Å². The summed E-state index contributed by atoms with van der Waals surface area (Å²) in [7, 11) is 0. The molecule has 0 bridgehead atoms. The lowest BCUT2D eigenvalue weighted by Gasteiger charge is -2.26. The van der Waals surface area contributed by atoms with E-state index >= 15 is 0 Å². The topological polar surface area (TPSA) is 71.1 Å². The summed E-state index contributed by atoms with van der Waals surface area (Å²) in [6.07, 6.45) is 11.2. The third kappa shape index (κ3) is 15.2. The summed E-state index contributed by atoms with van der Waals surface area (Å²) in [6, 6.07) is 9.20. The van der Waals surface area contributed by atoms with Gasteiger partial charge in [0.15, 0.2) is 0 Å². The van der Waals surface area contributed by atoms with E-state index in [2.05, 4.69) is 27.7 Å². The second kappa shape index (κ2) is 16.8. The van der Waals surface area contributed by atoms with Gasteiger partial charge in [0.1, 0.15) is 11.9 Å². The van der Waals surface area contributed by atoms with Gasteiger partial charge in [0.25, 0.3) is 0 Å². The molecule has 1 aliphatic rings. The van der Waals surface area contributed by atoms with Crippen molar-refractivity contribution in [3.63, 3.8) is 0 Å². The molecule has 1 aromatic carbocycles. The second-order valence-electron chi connectivity index (χ2n) is 12.0. The minimum atomic E-state index is -0.197. The van der Waals surface area contributed by atoms with Crippen molar-refractivity contribution in [1.29, 1.82) is 0 Å². The average molecular weight is 519 g/mol. The molecule has 0 saturated heterocycles. The average Bonchev–Trinajstić information content (AvgIpc) is 2.83. The van der Waals surface area contributed by atoms with Gasteiger partial charge in [-0.05, 0) is 80.8 Å². The first-order chi connectivity index (χ1) is 17.7. The Bertz CT molecular complexity index is 767. The second-order valence-corrected chi connectivity index (χ2v) is 12.0. The van der Waals surface area contributed by atoms with Gasteiger partial charge in [0.2, 0.25) is 0 Å². The summed E-state index contributed by atoms with van der Waals surface area (Å²) in [4.78, 5) is 24.5. The van der Waals surface area contributed by atoms with Gasteiger partial charge in [0, 0.05) is 26.4 Å². The fourth-order valence-corrected chi connectivity index (χ4v) is 4.80. The molecular formula is C31H50O6. The number of carbonyl (C=O) groups excluding carboxylic acids is 2. The molecule has 6 heteroatoms. The minimum absolute atomic E-state index is 0.0505. The van der Waals surface area contributed by atoms with Crippen molar-refractivity contribution in [3.05, 3.63) is 30.3 Å². The zero-order valence-electron chi connectivity index (χ0n) is 23.7. The molecule has 0 aromatic heterocycles. The predicted molar refractivity (Wildman–Crippen MR) is 147 cm³/mol. The number of carbonyl (C=O) groups is 2. The molecule has 0 spiro atoms. The smallest absolute Gasteiger partial charge is 0.311 e. The monoisotopic (exact) mass is 518 g/mol. The Morgan fingerprint density at radius 3 is 1.81 bits per heavy atom. The number of esters is 2. The van der Waals surface area contributed by atoms with E-state index in [0.29, 0.717) is 45.0 Å². The van der Waals surface area contributed by atoms with Crippen molar-refractivity contribution in [2.45, 2.75) is 111 Å². The summed E-state index contributed by atoms with van der Waals surface area (Å²) in [5, 5.41) is 0. The maximum atomic E-state index is 12.3. The lowest BCUT2D eigenvalue weighted by atomic mass is 9.84. The van der Waals surface area contributed by atoms with Crippen LogP contribution in [0.5, 0.6) is 5.75 Å². The largest absolute Gasteiger partial charge is 0.462 e. The maximum absolute atomic E-state index is 12.3. The van der Waals surface area contributed by atoms with Gasteiger partial charge in [-0.1, -0.05) is 52.3 Å². The molecule has 2 rings (SSSR count). The Balaban J connectivity index is 1.42.